The Hall–Kier alpha value is -2.28. The molecule has 2 N–H and O–H groups in total. The van der Waals surface area contributed by atoms with Crippen molar-refractivity contribution in [2.45, 2.75) is 0 Å². The minimum absolute atomic E-state index is 0.0631. The summed E-state index contributed by atoms with van der Waals surface area (Å²) in [5.74, 6) is -1.03. The van der Waals surface area contributed by atoms with Gasteiger partial charge in [-0.25, -0.2) is 19.2 Å². The van der Waals surface area contributed by atoms with Crippen LogP contribution in [-0.2, 0) is 0 Å². The number of imidazole rings is 1. The standard InChI is InChI=1S/C13H7BrFN3O2/c14-8-1-6(2-9(15)4-8)11-17-10-3-7(13(19)20)5-16-12(10)18-11/h1-5H,(H,19,20)(H,16,17,18). The number of aromatic amines is 1. The Morgan fingerprint density at radius 3 is 2.80 bits per heavy atom. The minimum atomic E-state index is -1.07. The van der Waals surface area contributed by atoms with Gasteiger partial charge in [-0.2, -0.15) is 0 Å². The van der Waals surface area contributed by atoms with Crippen molar-refractivity contribution < 1.29 is 14.3 Å². The Kier molecular flexibility index (Phi) is 2.98. The maximum absolute atomic E-state index is 13.4. The molecule has 0 spiro atoms. The molecular formula is C13H7BrFN3O2. The fraction of sp³-hybridized carbons (Fsp3) is 0. The van der Waals surface area contributed by atoms with E-state index in [-0.39, 0.29) is 5.56 Å². The van der Waals surface area contributed by atoms with E-state index in [1.165, 1.54) is 24.4 Å². The van der Waals surface area contributed by atoms with Crippen molar-refractivity contribution in [2.24, 2.45) is 0 Å². The number of nitrogens with one attached hydrogen (secondary N) is 1. The van der Waals surface area contributed by atoms with Gasteiger partial charge in [0, 0.05) is 16.2 Å². The Bertz CT molecular complexity index is 811. The lowest BCUT2D eigenvalue weighted by molar-refractivity contribution is 0.0696. The van der Waals surface area contributed by atoms with Crippen LogP contribution in [0.3, 0.4) is 0 Å². The molecule has 0 saturated heterocycles. The van der Waals surface area contributed by atoms with Gasteiger partial charge in [0.15, 0.2) is 5.65 Å². The van der Waals surface area contributed by atoms with E-state index in [1.54, 1.807) is 6.07 Å². The minimum Gasteiger partial charge on any atom is -0.478 e. The highest BCUT2D eigenvalue weighted by molar-refractivity contribution is 9.10. The van der Waals surface area contributed by atoms with Gasteiger partial charge in [0.2, 0.25) is 0 Å². The van der Waals surface area contributed by atoms with Gasteiger partial charge in [0.25, 0.3) is 0 Å². The van der Waals surface area contributed by atoms with Crippen LogP contribution < -0.4 is 0 Å². The molecular weight excluding hydrogens is 329 g/mol. The van der Waals surface area contributed by atoms with Crippen LogP contribution >= 0.6 is 15.9 Å². The summed E-state index contributed by atoms with van der Waals surface area (Å²) in [6.07, 6.45) is 1.23. The normalized spacial score (nSPS) is 10.9. The number of carbonyl (C=O) groups is 1. The molecule has 2 heterocycles. The van der Waals surface area contributed by atoms with Crippen molar-refractivity contribution in [3.05, 3.63) is 46.3 Å². The van der Waals surface area contributed by atoms with Gasteiger partial charge in [-0.05, 0) is 24.3 Å². The summed E-state index contributed by atoms with van der Waals surface area (Å²) in [5, 5.41) is 8.91. The van der Waals surface area contributed by atoms with E-state index in [0.717, 1.165) is 0 Å². The van der Waals surface area contributed by atoms with E-state index in [2.05, 4.69) is 30.9 Å². The van der Waals surface area contributed by atoms with Crippen LogP contribution in [0.15, 0.2) is 34.9 Å². The van der Waals surface area contributed by atoms with Crippen molar-refractivity contribution in [3.63, 3.8) is 0 Å². The number of fused-ring (bicyclic) bond motifs is 1. The van der Waals surface area contributed by atoms with Crippen molar-refractivity contribution in [1.29, 1.82) is 0 Å². The van der Waals surface area contributed by atoms with E-state index < -0.39 is 11.8 Å². The second kappa shape index (κ2) is 4.68. The van der Waals surface area contributed by atoms with Gasteiger partial charge in [0.05, 0.1) is 11.1 Å². The highest BCUT2D eigenvalue weighted by atomic mass is 79.9. The molecule has 0 aliphatic carbocycles. The zero-order chi connectivity index (χ0) is 14.3. The van der Waals surface area contributed by atoms with Gasteiger partial charge in [-0.15, -0.1) is 0 Å². The smallest absolute Gasteiger partial charge is 0.337 e. The number of nitrogens with zero attached hydrogens (tertiary/aromatic N) is 2. The van der Waals surface area contributed by atoms with Crippen LogP contribution in [0.5, 0.6) is 0 Å². The molecule has 2 aromatic heterocycles. The Morgan fingerprint density at radius 2 is 2.10 bits per heavy atom. The fourth-order valence-corrected chi connectivity index (χ4v) is 2.31. The quantitative estimate of drug-likeness (QED) is 0.753. The first kappa shape index (κ1) is 12.7. The van der Waals surface area contributed by atoms with Gasteiger partial charge >= 0.3 is 5.97 Å². The maximum atomic E-state index is 13.4. The third-order valence-corrected chi connectivity index (χ3v) is 3.18. The van der Waals surface area contributed by atoms with Crippen LogP contribution in [0, 0.1) is 5.82 Å². The van der Waals surface area contributed by atoms with E-state index in [9.17, 15) is 9.18 Å². The zero-order valence-electron chi connectivity index (χ0n) is 9.89. The molecule has 0 amide bonds. The third kappa shape index (κ3) is 2.27. The lowest BCUT2D eigenvalue weighted by Crippen LogP contribution is -1.96. The van der Waals surface area contributed by atoms with Crippen molar-refractivity contribution in [3.8, 4) is 11.4 Å². The van der Waals surface area contributed by atoms with E-state index in [0.29, 0.717) is 27.0 Å². The van der Waals surface area contributed by atoms with E-state index in [1.807, 2.05) is 0 Å². The van der Waals surface area contributed by atoms with Crippen molar-refractivity contribution in [2.75, 3.05) is 0 Å². The van der Waals surface area contributed by atoms with Gasteiger partial charge in [0.1, 0.15) is 11.6 Å². The van der Waals surface area contributed by atoms with Crippen molar-refractivity contribution >= 4 is 33.1 Å². The number of hydrogen-bond acceptors (Lipinski definition) is 3. The average molecular weight is 336 g/mol. The number of pyridine rings is 1. The molecule has 0 bridgehead atoms. The van der Waals surface area contributed by atoms with Gasteiger partial charge in [-0.3, -0.25) is 0 Å². The highest BCUT2D eigenvalue weighted by Gasteiger charge is 2.11. The Morgan fingerprint density at radius 1 is 1.30 bits per heavy atom. The second-order valence-corrected chi connectivity index (χ2v) is 5.06. The highest BCUT2D eigenvalue weighted by Crippen LogP contribution is 2.24. The van der Waals surface area contributed by atoms with Crippen LogP contribution in [0.4, 0.5) is 4.39 Å². The topological polar surface area (TPSA) is 78.9 Å². The number of halogens is 2. The number of carboxylic acid groups (broad SMARTS) is 1. The van der Waals surface area contributed by atoms with Crippen molar-refractivity contribution in [1.82, 2.24) is 15.0 Å². The third-order valence-electron chi connectivity index (χ3n) is 2.72. The summed E-state index contributed by atoms with van der Waals surface area (Å²) in [5.41, 5.74) is 1.48. The molecule has 0 unspecified atom stereocenters. The lowest BCUT2D eigenvalue weighted by atomic mass is 10.2. The van der Waals surface area contributed by atoms with Crippen LogP contribution in [0.1, 0.15) is 10.4 Å². The first-order valence-electron chi connectivity index (χ1n) is 5.58. The number of aromatic nitrogens is 3. The number of aromatic carboxylic acids is 1. The van der Waals surface area contributed by atoms with Gasteiger partial charge in [-0.1, -0.05) is 15.9 Å². The van der Waals surface area contributed by atoms with Gasteiger partial charge < -0.3 is 10.1 Å². The van der Waals surface area contributed by atoms with Crippen LogP contribution in [0.2, 0.25) is 0 Å². The molecule has 20 heavy (non-hydrogen) atoms. The maximum Gasteiger partial charge on any atom is 0.337 e. The number of rotatable bonds is 2. The summed E-state index contributed by atoms with van der Waals surface area (Å²) < 4.78 is 14.0. The molecule has 1 aromatic carbocycles. The summed E-state index contributed by atoms with van der Waals surface area (Å²) >= 11 is 3.21. The first-order valence-corrected chi connectivity index (χ1v) is 6.38. The molecule has 3 aromatic rings. The molecule has 0 fully saturated rings. The molecule has 0 saturated carbocycles. The fourth-order valence-electron chi connectivity index (χ4n) is 1.84. The zero-order valence-corrected chi connectivity index (χ0v) is 11.5. The number of hydrogen-bond donors (Lipinski definition) is 2. The number of carboxylic acids is 1. The molecule has 5 nitrogen and oxygen atoms in total. The summed E-state index contributed by atoms with van der Waals surface area (Å²) in [6, 6.07) is 5.82. The monoisotopic (exact) mass is 335 g/mol. The lowest BCUT2D eigenvalue weighted by Gasteiger charge is -1.98. The molecule has 0 atom stereocenters. The average Bonchev–Trinajstić information content (AvgIpc) is 2.80. The predicted molar refractivity (Wildman–Crippen MR) is 73.9 cm³/mol. The number of H-pyrrole nitrogens is 1. The molecule has 0 radical (unpaired) electrons. The molecule has 7 heteroatoms. The van der Waals surface area contributed by atoms with Crippen LogP contribution in [-0.4, -0.2) is 26.0 Å². The van der Waals surface area contributed by atoms with E-state index >= 15 is 0 Å². The summed E-state index contributed by atoms with van der Waals surface area (Å²) in [7, 11) is 0. The molecule has 100 valence electrons. The summed E-state index contributed by atoms with van der Waals surface area (Å²) in [4.78, 5) is 22.0. The van der Waals surface area contributed by atoms with Crippen LogP contribution in [0.25, 0.3) is 22.6 Å². The SMILES string of the molecule is O=C(O)c1cnc2nc(-c3cc(F)cc(Br)c3)[nH]c2c1. The Labute approximate surface area is 120 Å². The largest absolute Gasteiger partial charge is 0.478 e. The first-order chi connectivity index (χ1) is 9.52. The molecule has 0 aliphatic heterocycles. The predicted octanol–water partition coefficient (Wildman–Crippen LogP) is 3.22. The molecule has 0 aliphatic rings. The molecule has 3 rings (SSSR count). The van der Waals surface area contributed by atoms with E-state index in [4.69, 9.17) is 5.11 Å². The summed E-state index contributed by atoms with van der Waals surface area (Å²) in [6.45, 7) is 0. The Balaban J connectivity index is 2.15. The number of benzene rings is 1. The second-order valence-electron chi connectivity index (χ2n) is 4.14.